The van der Waals surface area contributed by atoms with E-state index in [1.54, 1.807) is 6.07 Å². The summed E-state index contributed by atoms with van der Waals surface area (Å²) in [7, 11) is 4.07. The van der Waals surface area contributed by atoms with Gasteiger partial charge in [0.25, 0.3) is 5.91 Å². The van der Waals surface area contributed by atoms with E-state index in [9.17, 15) is 4.79 Å². The van der Waals surface area contributed by atoms with E-state index in [0.29, 0.717) is 18.7 Å². The zero-order valence-corrected chi connectivity index (χ0v) is 14.7. The lowest BCUT2D eigenvalue weighted by Gasteiger charge is -2.25. The van der Waals surface area contributed by atoms with Crippen LogP contribution in [-0.4, -0.2) is 44.3 Å². The molecule has 0 aliphatic carbocycles. The molecular formula is C20H24N2O3. The van der Waals surface area contributed by atoms with Crippen LogP contribution in [0.4, 0.5) is 0 Å². The number of hydrogen-bond acceptors (Lipinski definition) is 4. The molecule has 2 aromatic carbocycles. The second-order valence-corrected chi connectivity index (χ2v) is 6.45. The minimum Gasteiger partial charge on any atom is -0.467 e. The number of carbonyl (C=O) groups is 1. The van der Waals surface area contributed by atoms with Crippen molar-refractivity contribution in [2.75, 3.05) is 27.4 Å². The van der Waals surface area contributed by atoms with Gasteiger partial charge in [0.1, 0.15) is 5.75 Å². The quantitative estimate of drug-likeness (QED) is 0.878. The van der Waals surface area contributed by atoms with E-state index in [4.69, 9.17) is 9.47 Å². The lowest BCUT2D eigenvalue weighted by Crippen LogP contribution is -2.41. The van der Waals surface area contributed by atoms with Crippen molar-refractivity contribution in [2.45, 2.75) is 19.1 Å². The van der Waals surface area contributed by atoms with Crippen molar-refractivity contribution < 1.29 is 14.3 Å². The third kappa shape index (κ3) is 4.59. The highest BCUT2D eigenvalue weighted by Gasteiger charge is 2.17. The van der Waals surface area contributed by atoms with Crippen LogP contribution < -0.4 is 10.1 Å². The molecule has 1 amide bonds. The van der Waals surface area contributed by atoms with Crippen LogP contribution >= 0.6 is 0 Å². The Balaban J connectivity index is 1.61. The maximum atomic E-state index is 12.5. The average molecular weight is 340 g/mol. The first kappa shape index (κ1) is 17.5. The highest BCUT2D eigenvalue weighted by Crippen LogP contribution is 2.24. The van der Waals surface area contributed by atoms with E-state index in [0.717, 1.165) is 17.7 Å². The molecule has 0 radical (unpaired) electrons. The SMILES string of the molecule is CN(C)[C@H](CNC(=O)c1ccc2c(c1)COCO2)Cc1ccccc1. The summed E-state index contributed by atoms with van der Waals surface area (Å²) in [4.78, 5) is 14.6. The molecular weight excluding hydrogens is 316 g/mol. The molecule has 0 saturated heterocycles. The summed E-state index contributed by atoms with van der Waals surface area (Å²) in [6.45, 7) is 1.33. The summed E-state index contributed by atoms with van der Waals surface area (Å²) in [5.41, 5.74) is 2.80. The molecule has 0 spiro atoms. The van der Waals surface area contributed by atoms with Gasteiger partial charge in [0.2, 0.25) is 0 Å². The fourth-order valence-electron chi connectivity index (χ4n) is 2.87. The smallest absolute Gasteiger partial charge is 0.251 e. The zero-order chi connectivity index (χ0) is 17.6. The number of nitrogens with zero attached hydrogens (tertiary/aromatic N) is 1. The number of hydrogen-bond donors (Lipinski definition) is 1. The van der Waals surface area contributed by atoms with E-state index in [2.05, 4.69) is 22.3 Å². The first-order valence-electron chi connectivity index (χ1n) is 8.45. The van der Waals surface area contributed by atoms with Gasteiger partial charge in [-0.3, -0.25) is 4.79 Å². The minimum atomic E-state index is -0.0757. The van der Waals surface area contributed by atoms with Crippen molar-refractivity contribution in [1.82, 2.24) is 10.2 Å². The lowest BCUT2D eigenvalue weighted by atomic mass is 10.0. The van der Waals surface area contributed by atoms with Crippen LogP contribution in [0.25, 0.3) is 0 Å². The van der Waals surface area contributed by atoms with E-state index >= 15 is 0 Å². The minimum absolute atomic E-state index is 0.0757. The van der Waals surface area contributed by atoms with Gasteiger partial charge in [-0.2, -0.15) is 0 Å². The molecule has 0 unspecified atom stereocenters. The van der Waals surface area contributed by atoms with Crippen LogP contribution in [0.1, 0.15) is 21.5 Å². The van der Waals surface area contributed by atoms with Crippen molar-refractivity contribution in [3.8, 4) is 5.75 Å². The van der Waals surface area contributed by atoms with Crippen LogP contribution in [0.15, 0.2) is 48.5 Å². The van der Waals surface area contributed by atoms with Gasteiger partial charge in [0.15, 0.2) is 6.79 Å². The van der Waals surface area contributed by atoms with Gasteiger partial charge in [0.05, 0.1) is 6.61 Å². The summed E-state index contributed by atoms with van der Waals surface area (Å²) in [5.74, 6) is 0.714. The Bertz CT molecular complexity index is 716. The normalized spacial score (nSPS) is 14.5. The first-order chi connectivity index (χ1) is 12.1. The fraction of sp³-hybridized carbons (Fsp3) is 0.350. The monoisotopic (exact) mass is 340 g/mol. The molecule has 0 bridgehead atoms. The van der Waals surface area contributed by atoms with Crippen LogP contribution in [-0.2, 0) is 17.8 Å². The summed E-state index contributed by atoms with van der Waals surface area (Å²) in [5, 5.41) is 3.05. The summed E-state index contributed by atoms with van der Waals surface area (Å²) in [6, 6.07) is 16.0. The maximum absolute atomic E-state index is 12.5. The Morgan fingerprint density at radius 2 is 2.00 bits per heavy atom. The highest BCUT2D eigenvalue weighted by molar-refractivity contribution is 5.94. The van der Waals surface area contributed by atoms with Crippen LogP contribution in [0.2, 0.25) is 0 Å². The molecule has 2 aromatic rings. The van der Waals surface area contributed by atoms with Crippen molar-refractivity contribution in [3.05, 3.63) is 65.2 Å². The number of benzene rings is 2. The number of rotatable bonds is 6. The summed E-state index contributed by atoms with van der Waals surface area (Å²) in [6.07, 6.45) is 0.889. The van der Waals surface area contributed by atoms with Crippen molar-refractivity contribution >= 4 is 5.91 Å². The van der Waals surface area contributed by atoms with E-state index in [-0.39, 0.29) is 18.7 Å². The molecule has 0 fully saturated rings. The maximum Gasteiger partial charge on any atom is 0.251 e. The topological polar surface area (TPSA) is 50.8 Å². The molecule has 1 N–H and O–H groups in total. The van der Waals surface area contributed by atoms with Crippen molar-refractivity contribution in [1.29, 1.82) is 0 Å². The molecule has 0 aromatic heterocycles. The largest absolute Gasteiger partial charge is 0.467 e. The molecule has 1 atom stereocenters. The number of ether oxygens (including phenoxy) is 2. The van der Waals surface area contributed by atoms with Gasteiger partial charge in [0, 0.05) is 23.7 Å². The Morgan fingerprint density at radius 3 is 2.76 bits per heavy atom. The third-order valence-electron chi connectivity index (χ3n) is 4.42. The first-order valence-corrected chi connectivity index (χ1v) is 8.45. The van der Waals surface area contributed by atoms with Gasteiger partial charge in [-0.15, -0.1) is 0 Å². The van der Waals surface area contributed by atoms with Gasteiger partial charge in [-0.1, -0.05) is 30.3 Å². The van der Waals surface area contributed by atoms with E-state index in [1.807, 2.05) is 44.4 Å². The second kappa shape index (κ2) is 8.14. The number of carbonyl (C=O) groups excluding carboxylic acids is 1. The molecule has 1 heterocycles. The highest BCUT2D eigenvalue weighted by atomic mass is 16.7. The Kier molecular flexibility index (Phi) is 5.68. The number of nitrogens with one attached hydrogen (secondary N) is 1. The van der Waals surface area contributed by atoms with E-state index < -0.39 is 0 Å². The molecule has 0 saturated carbocycles. The number of fused-ring (bicyclic) bond motifs is 1. The summed E-state index contributed by atoms with van der Waals surface area (Å²) >= 11 is 0. The fourth-order valence-corrected chi connectivity index (χ4v) is 2.87. The van der Waals surface area contributed by atoms with Gasteiger partial charge in [-0.25, -0.2) is 0 Å². The Labute approximate surface area is 148 Å². The molecule has 5 heteroatoms. The van der Waals surface area contributed by atoms with Gasteiger partial charge in [-0.05, 0) is 44.3 Å². The van der Waals surface area contributed by atoms with Crippen molar-refractivity contribution in [3.63, 3.8) is 0 Å². The predicted molar refractivity (Wildman–Crippen MR) is 96.7 cm³/mol. The van der Waals surface area contributed by atoms with Crippen LogP contribution in [0.3, 0.4) is 0 Å². The van der Waals surface area contributed by atoms with E-state index in [1.165, 1.54) is 5.56 Å². The standard InChI is InChI=1S/C20H24N2O3/c1-22(2)18(10-15-6-4-3-5-7-15)12-21-20(23)16-8-9-19-17(11-16)13-24-14-25-19/h3-9,11,18H,10,12-14H2,1-2H3,(H,21,23)/t18-/m0/s1. The zero-order valence-electron chi connectivity index (χ0n) is 14.7. The molecule has 25 heavy (non-hydrogen) atoms. The molecule has 1 aliphatic heterocycles. The number of likely N-dealkylation sites (N-methyl/N-ethyl adjacent to an activating group) is 1. The Hall–Kier alpha value is -2.37. The Morgan fingerprint density at radius 1 is 1.20 bits per heavy atom. The van der Waals surface area contributed by atoms with Crippen molar-refractivity contribution in [2.24, 2.45) is 0 Å². The summed E-state index contributed by atoms with van der Waals surface area (Å²) < 4.78 is 10.7. The average Bonchev–Trinajstić information content (AvgIpc) is 2.65. The predicted octanol–water partition coefficient (Wildman–Crippen LogP) is 2.46. The van der Waals surface area contributed by atoms with Gasteiger partial charge >= 0.3 is 0 Å². The van der Waals surface area contributed by atoms with Crippen LogP contribution in [0, 0.1) is 0 Å². The van der Waals surface area contributed by atoms with Crippen LogP contribution in [0.5, 0.6) is 5.75 Å². The molecule has 132 valence electrons. The molecule has 5 nitrogen and oxygen atoms in total. The van der Waals surface area contributed by atoms with Gasteiger partial charge < -0.3 is 19.7 Å². The molecule has 1 aliphatic rings. The second-order valence-electron chi connectivity index (χ2n) is 6.45. The third-order valence-corrected chi connectivity index (χ3v) is 4.42. The molecule has 3 rings (SSSR count). The number of amides is 1. The lowest BCUT2D eigenvalue weighted by molar-refractivity contribution is -0.0163.